The zero-order valence-corrected chi connectivity index (χ0v) is 13.9. The summed E-state index contributed by atoms with van der Waals surface area (Å²) in [5.41, 5.74) is 3.50. The van der Waals surface area contributed by atoms with Crippen LogP contribution in [0.15, 0.2) is 42.5 Å². The second-order valence-corrected chi connectivity index (χ2v) is 5.98. The van der Waals surface area contributed by atoms with Crippen LogP contribution in [0.3, 0.4) is 0 Å². The monoisotopic (exact) mass is 324 g/mol. The van der Waals surface area contributed by atoms with Crippen molar-refractivity contribution in [1.29, 1.82) is 0 Å². The van der Waals surface area contributed by atoms with E-state index >= 15 is 0 Å². The molecule has 0 spiro atoms. The molecule has 3 rings (SSSR count). The first-order chi connectivity index (χ1) is 11.6. The Morgan fingerprint density at radius 1 is 1.00 bits per heavy atom. The van der Waals surface area contributed by atoms with Gasteiger partial charge in [0.25, 0.3) is 0 Å². The molecule has 24 heavy (non-hydrogen) atoms. The van der Waals surface area contributed by atoms with E-state index in [0.29, 0.717) is 16.9 Å². The highest BCUT2D eigenvalue weighted by molar-refractivity contribution is 6.01. The van der Waals surface area contributed by atoms with Crippen LogP contribution in [0.2, 0.25) is 0 Å². The van der Waals surface area contributed by atoms with Gasteiger partial charge in [-0.25, -0.2) is 4.79 Å². The number of Topliss-reactive ketones (excluding diaryl/α,β-unsaturated/α-hetero) is 1. The van der Waals surface area contributed by atoms with Gasteiger partial charge in [0.05, 0.1) is 12.7 Å². The van der Waals surface area contributed by atoms with Crippen LogP contribution in [0.25, 0.3) is 0 Å². The molecule has 0 aliphatic heterocycles. The maximum Gasteiger partial charge on any atom is 0.338 e. The van der Waals surface area contributed by atoms with E-state index in [9.17, 15) is 9.59 Å². The summed E-state index contributed by atoms with van der Waals surface area (Å²) in [7, 11) is 1.53. The molecule has 2 aromatic carbocycles. The van der Waals surface area contributed by atoms with Crippen LogP contribution in [0, 0.1) is 0 Å². The van der Waals surface area contributed by atoms with Crippen molar-refractivity contribution < 1.29 is 19.1 Å². The number of methoxy groups -OCH3 is 1. The zero-order chi connectivity index (χ0) is 17.1. The van der Waals surface area contributed by atoms with Crippen LogP contribution >= 0.6 is 0 Å². The minimum Gasteiger partial charge on any atom is -0.497 e. The number of esters is 1. The quantitative estimate of drug-likeness (QED) is 0.623. The maximum absolute atomic E-state index is 12.5. The molecule has 4 nitrogen and oxygen atoms in total. The number of hydrogen-bond donors (Lipinski definition) is 0. The fourth-order valence-corrected chi connectivity index (χ4v) is 2.99. The van der Waals surface area contributed by atoms with Gasteiger partial charge in [-0.05, 0) is 61.6 Å². The molecular weight excluding hydrogens is 304 g/mol. The number of aryl methyl sites for hydroxylation is 2. The minimum atomic E-state index is -0.830. The number of benzene rings is 2. The Balaban J connectivity index is 1.70. The minimum absolute atomic E-state index is 0.180. The van der Waals surface area contributed by atoms with E-state index in [0.717, 1.165) is 19.3 Å². The second kappa shape index (κ2) is 6.87. The molecule has 1 aliphatic carbocycles. The van der Waals surface area contributed by atoms with Crippen LogP contribution in [0.1, 0.15) is 45.2 Å². The lowest BCUT2D eigenvalue weighted by Crippen LogP contribution is -2.24. The summed E-state index contributed by atoms with van der Waals surface area (Å²) in [5, 5.41) is 0. The lowest BCUT2D eigenvalue weighted by atomic mass is 10.0. The number of rotatable bonds is 5. The summed E-state index contributed by atoms with van der Waals surface area (Å²) in [6, 6.07) is 12.4. The van der Waals surface area contributed by atoms with Gasteiger partial charge in [0.2, 0.25) is 5.78 Å². The molecule has 1 aliphatic rings. The first kappa shape index (κ1) is 16.2. The number of ketones is 1. The Bertz CT molecular complexity index is 779. The Hall–Kier alpha value is -2.62. The number of hydrogen-bond acceptors (Lipinski definition) is 4. The van der Waals surface area contributed by atoms with Crippen molar-refractivity contribution in [2.75, 3.05) is 7.11 Å². The molecule has 0 aromatic heterocycles. The van der Waals surface area contributed by atoms with Gasteiger partial charge < -0.3 is 9.47 Å². The van der Waals surface area contributed by atoms with E-state index in [1.165, 1.54) is 18.2 Å². The summed E-state index contributed by atoms with van der Waals surface area (Å²) < 4.78 is 10.4. The molecule has 0 saturated carbocycles. The van der Waals surface area contributed by atoms with Crippen LogP contribution < -0.4 is 4.74 Å². The molecule has 0 unspecified atom stereocenters. The molecule has 1 atom stereocenters. The Kier molecular flexibility index (Phi) is 4.65. The molecule has 2 aromatic rings. The van der Waals surface area contributed by atoms with Crippen molar-refractivity contribution in [3.63, 3.8) is 0 Å². The first-order valence-electron chi connectivity index (χ1n) is 8.09. The van der Waals surface area contributed by atoms with Gasteiger partial charge in [-0.2, -0.15) is 0 Å². The molecule has 0 saturated heterocycles. The average molecular weight is 324 g/mol. The summed E-state index contributed by atoms with van der Waals surface area (Å²) in [4.78, 5) is 24.7. The van der Waals surface area contributed by atoms with Crippen molar-refractivity contribution >= 4 is 11.8 Å². The van der Waals surface area contributed by atoms with Crippen molar-refractivity contribution in [2.45, 2.75) is 32.3 Å². The summed E-state index contributed by atoms with van der Waals surface area (Å²) in [5.74, 6) is -0.140. The highest BCUT2D eigenvalue weighted by Gasteiger charge is 2.22. The molecule has 0 radical (unpaired) electrons. The van der Waals surface area contributed by atoms with E-state index in [1.54, 1.807) is 31.2 Å². The topological polar surface area (TPSA) is 52.6 Å². The van der Waals surface area contributed by atoms with E-state index in [4.69, 9.17) is 9.47 Å². The zero-order valence-electron chi connectivity index (χ0n) is 13.9. The van der Waals surface area contributed by atoms with Crippen molar-refractivity contribution in [3.8, 4) is 5.75 Å². The Labute approximate surface area is 141 Å². The third-order valence-corrected chi connectivity index (χ3v) is 4.34. The van der Waals surface area contributed by atoms with Crippen molar-refractivity contribution in [3.05, 3.63) is 64.7 Å². The predicted molar refractivity (Wildman–Crippen MR) is 90.7 cm³/mol. The lowest BCUT2D eigenvalue weighted by Gasteiger charge is -2.13. The normalized spacial score (nSPS) is 13.9. The molecule has 0 heterocycles. The molecule has 124 valence electrons. The molecule has 0 fully saturated rings. The number of carbonyl (C=O) groups is 2. The molecule has 4 heteroatoms. The summed E-state index contributed by atoms with van der Waals surface area (Å²) >= 11 is 0. The number of fused-ring (bicyclic) bond motifs is 1. The van der Waals surface area contributed by atoms with Crippen molar-refractivity contribution in [2.24, 2.45) is 0 Å². The lowest BCUT2D eigenvalue weighted by molar-refractivity contribution is 0.0318. The van der Waals surface area contributed by atoms with E-state index < -0.39 is 12.1 Å². The van der Waals surface area contributed by atoms with Crippen LogP contribution in [-0.4, -0.2) is 25.0 Å². The van der Waals surface area contributed by atoms with Gasteiger partial charge >= 0.3 is 5.97 Å². The summed E-state index contributed by atoms with van der Waals surface area (Å²) in [6.07, 6.45) is 2.38. The average Bonchev–Trinajstić information content (AvgIpc) is 3.08. The first-order valence-corrected chi connectivity index (χ1v) is 8.09. The predicted octanol–water partition coefficient (Wildman–Crippen LogP) is 3.61. The van der Waals surface area contributed by atoms with Crippen LogP contribution in [0.4, 0.5) is 0 Å². The fourth-order valence-electron chi connectivity index (χ4n) is 2.99. The summed E-state index contributed by atoms with van der Waals surface area (Å²) in [6.45, 7) is 1.60. The number of ether oxygens (including phenoxy) is 2. The van der Waals surface area contributed by atoms with Gasteiger partial charge in [0.15, 0.2) is 6.10 Å². The highest BCUT2D eigenvalue weighted by atomic mass is 16.5. The van der Waals surface area contributed by atoms with Gasteiger partial charge in [-0.1, -0.05) is 18.2 Å². The number of carbonyl (C=O) groups excluding carboxylic acids is 2. The third kappa shape index (κ3) is 3.32. The van der Waals surface area contributed by atoms with Gasteiger partial charge in [0, 0.05) is 5.56 Å². The maximum atomic E-state index is 12.5. The van der Waals surface area contributed by atoms with E-state index in [2.05, 4.69) is 0 Å². The largest absolute Gasteiger partial charge is 0.497 e. The fraction of sp³-hybridized carbons (Fsp3) is 0.300. The smallest absolute Gasteiger partial charge is 0.338 e. The van der Waals surface area contributed by atoms with Gasteiger partial charge in [-0.3, -0.25) is 4.79 Å². The Morgan fingerprint density at radius 2 is 1.79 bits per heavy atom. The molecule has 0 bridgehead atoms. The SMILES string of the molecule is COc1cccc(C(=O)O[C@H](C)C(=O)c2ccc3c(c2)CCC3)c1. The van der Waals surface area contributed by atoms with Crippen molar-refractivity contribution in [1.82, 2.24) is 0 Å². The van der Waals surface area contributed by atoms with Gasteiger partial charge in [-0.15, -0.1) is 0 Å². The molecular formula is C20H20O4. The molecule has 0 amide bonds. The Morgan fingerprint density at radius 3 is 2.58 bits per heavy atom. The highest BCUT2D eigenvalue weighted by Crippen LogP contribution is 2.24. The standard InChI is InChI=1S/C20H20O4/c1-13(24-20(22)17-7-4-8-18(12-17)23-2)19(21)16-10-9-14-5-3-6-15(14)11-16/h4,7-13H,3,5-6H2,1-2H3/t13-/m1/s1. The van der Waals surface area contributed by atoms with Crippen LogP contribution in [0.5, 0.6) is 5.75 Å². The molecule has 0 N–H and O–H groups in total. The second-order valence-electron chi connectivity index (χ2n) is 5.98. The van der Waals surface area contributed by atoms with Crippen LogP contribution in [-0.2, 0) is 17.6 Å². The third-order valence-electron chi connectivity index (χ3n) is 4.34. The van der Waals surface area contributed by atoms with E-state index in [1.807, 2.05) is 18.2 Å². The van der Waals surface area contributed by atoms with E-state index in [-0.39, 0.29) is 5.78 Å². The van der Waals surface area contributed by atoms with Gasteiger partial charge in [0.1, 0.15) is 5.75 Å².